The van der Waals surface area contributed by atoms with Gasteiger partial charge in [-0.25, -0.2) is 0 Å². The van der Waals surface area contributed by atoms with Crippen LogP contribution in [0.4, 0.5) is 0 Å². The van der Waals surface area contributed by atoms with Crippen LogP contribution in [0.5, 0.6) is 11.5 Å². The van der Waals surface area contributed by atoms with Crippen LogP contribution in [-0.2, 0) is 48.9 Å². The van der Waals surface area contributed by atoms with E-state index in [0.717, 1.165) is 39.8 Å². The van der Waals surface area contributed by atoms with Gasteiger partial charge in [0.25, 0.3) is 0 Å². The Morgan fingerprint density at radius 2 is 0.682 bits per heavy atom. The molecule has 0 aliphatic carbocycles. The van der Waals surface area contributed by atoms with E-state index in [1.807, 2.05) is 24.3 Å². The Morgan fingerprint density at radius 3 is 0.864 bits per heavy atom. The number of thiol groups is 1. The fourth-order valence-electron chi connectivity index (χ4n) is 6.88. The molecule has 0 bridgehead atoms. The van der Waals surface area contributed by atoms with Gasteiger partial charge in [-0.3, -0.25) is 14.4 Å². The van der Waals surface area contributed by atoms with E-state index >= 15 is 0 Å². The highest BCUT2D eigenvalue weighted by atomic mass is 32.1. The van der Waals surface area contributed by atoms with Crippen LogP contribution in [0.25, 0.3) is 0 Å². The maximum absolute atomic E-state index is 10.8. The fourth-order valence-corrected chi connectivity index (χ4v) is 7.04. The van der Waals surface area contributed by atoms with Crippen LogP contribution in [0.1, 0.15) is 220 Å². The molecule has 2 rings (SSSR count). The third-order valence-electron chi connectivity index (χ3n) is 11.4. The van der Waals surface area contributed by atoms with Crippen LogP contribution in [0.2, 0.25) is 0 Å². The van der Waals surface area contributed by atoms with Crippen LogP contribution in [0.3, 0.4) is 0 Å². The number of benzene rings is 2. The SMILES string of the molecule is CC(C)(C)c1cc(CCC(=O)O)cc(C(C)(C)C)c1O.CC(C)(C)c1cc(CCC(=O)O)cc(C(C)(C)C)c1O.CCCCCCCCCCCCCCC(=O)S.OCC(CO)(CO)CO. The Hall–Kier alpha value is -3.16. The molecule has 0 fully saturated rings. The van der Waals surface area contributed by atoms with E-state index in [1.165, 1.54) is 70.6 Å². The van der Waals surface area contributed by atoms with E-state index in [0.29, 0.717) is 30.8 Å². The summed E-state index contributed by atoms with van der Waals surface area (Å²) in [6.07, 6.45) is 17.9. The molecule has 0 unspecified atom stereocenters. The summed E-state index contributed by atoms with van der Waals surface area (Å²) in [7, 11) is 0. The molecule has 0 radical (unpaired) electrons. The first kappa shape index (κ1) is 64.9. The van der Waals surface area contributed by atoms with Gasteiger partial charge < -0.3 is 40.9 Å². The second kappa shape index (κ2) is 31.8. The minimum absolute atomic E-state index is 0.0390. The number of phenols is 2. The summed E-state index contributed by atoms with van der Waals surface area (Å²) < 4.78 is 0. The number of rotatable bonds is 23. The summed E-state index contributed by atoms with van der Waals surface area (Å²) >= 11 is 3.77. The summed E-state index contributed by atoms with van der Waals surface area (Å²) in [5, 5.41) is 72.8. The van der Waals surface area contributed by atoms with Crippen molar-refractivity contribution in [2.45, 2.75) is 221 Å². The molecular weight excluding hydrogens is 857 g/mol. The van der Waals surface area contributed by atoms with Gasteiger partial charge in [0, 0.05) is 19.3 Å². The highest BCUT2D eigenvalue weighted by Crippen LogP contribution is 2.41. The van der Waals surface area contributed by atoms with Crippen molar-refractivity contribution in [2.75, 3.05) is 26.4 Å². The molecule has 66 heavy (non-hydrogen) atoms. The first-order valence-corrected chi connectivity index (χ1v) is 24.6. The second-order valence-corrected chi connectivity index (χ2v) is 22.5. The van der Waals surface area contributed by atoms with E-state index < -0.39 is 43.8 Å². The van der Waals surface area contributed by atoms with Gasteiger partial charge in [-0.1, -0.05) is 185 Å². The van der Waals surface area contributed by atoms with Gasteiger partial charge in [0.2, 0.25) is 0 Å². The number of hydrogen-bond acceptors (Lipinski definition) is 9. The molecule has 0 aliphatic rings. The second-order valence-electron chi connectivity index (χ2n) is 22.0. The molecule has 2 aromatic carbocycles. The monoisotopic (exact) mass is 951 g/mol. The quantitative estimate of drug-likeness (QED) is 0.0378. The molecule has 0 atom stereocenters. The first-order valence-electron chi connectivity index (χ1n) is 24.2. The summed E-state index contributed by atoms with van der Waals surface area (Å²) in [5.41, 5.74) is 3.64. The van der Waals surface area contributed by atoms with Crippen molar-refractivity contribution in [1.82, 2.24) is 0 Å². The molecule has 8 N–H and O–H groups in total. The average Bonchev–Trinajstić information content (AvgIpc) is 3.20. The zero-order chi connectivity index (χ0) is 51.5. The molecule has 2 aromatic rings. The predicted molar refractivity (Wildman–Crippen MR) is 273 cm³/mol. The maximum atomic E-state index is 10.8. The molecular formula is C54H94O11S. The molecule has 0 spiro atoms. The molecule has 0 saturated heterocycles. The van der Waals surface area contributed by atoms with Gasteiger partial charge in [-0.2, -0.15) is 0 Å². The van der Waals surface area contributed by atoms with Gasteiger partial charge >= 0.3 is 11.9 Å². The minimum atomic E-state index is -1.11. The van der Waals surface area contributed by atoms with Crippen molar-refractivity contribution >= 4 is 29.7 Å². The van der Waals surface area contributed by atoms with Crippen LogP contribution < -0.4 is 0 Å². The zero-order valence-corrected chi connectivity index (χ0v) is 44.3. The maximum Gasteiger partial charge on any atom is 0.303 e. The van der Waals surface area contributed by atoms with Crippen LogP contribution in [0, 0.1) is 5.41 Å². The van der Waals surface area contributed by atoms with Gasteiger partial charge in [0.05, 0.1) is 31.8 Å². The van der Waals surface area contributed by atoms with Crippen molar-refractivity contribution < 1.29 is 55.2 Å². The number of phenolic OH excluding ortho intramolecular Hbond substituents is 2. The summed E-state index contributed by atoms with van der Waals surface area (Å²) in [5.74, 6) is -0.923. The largest absolute Gasteiger partial charge is 0.507 e. The number of carboxylic acid groups (broad SMARTS) is 2. The lowest BCUT2D eigenvalue weighted by Crippen LogP contribution is -2.37. The topological polar surface area (TPSA) is 213 Å². The summed E-state index contributed by atoms with van der Waals surface area (Å²) in [4.78, 5) is 32.1. The van der Waals surface area contributed by atoms with E-state index in [-0.39, 0.29) is 39.6 Å². The van der Waals surface area contributed by atoms with Crippen LogP contribution >= 0.6 is 12.6 Å². The van der Waals surface area contributed by atoms with Crippen molar-refractivity contribution in [3.8, 4) is 11.5 Å². The van der Waals surface area contributed by atoms with Gasteiger partial charge in [-0.05, 0) is 74.3 Å². The van der Waals surface area contributed by atoms with Crippen molar-refractivity contribution in [1.29, 1.82) is 0 Å². The summed E-state index contributed by atoms with van der Waals surface area (Å²) in [6, 6.07) is 7.75. The zero-order valence-electron chi connectivity index (χ0n) is 43.4. The normalized spacial score (nSPS) is 12.0. The number of carbonyl (C=O) groups is 3. The Bertz CT molecular complexity index is 1500. The first-order chi connectivity index (χ1) is 30.4. The van der Waals surface area contributed by atoms with Crippen LogP contribution in [0.15, 0.2) is 24.3 Å². The van der Waals surface area contributed by atoms with Crippen LogP contribution in [-0.4, -0.2) is 84.3 Å². The summed E-state index contributed by atoms with van der Waals surface area (Å²) in [6.45, 7) is 25.3. The standard InChI is InChI=1S/2C17H26O3.C15H30OS.C5H12O4/c2*1-16(2,3)12-9-11(7-8-14(18)19)10-13(15(12)20)17(4,5)6;1-2-3-4-5-6-7-8-9-10-11-12-13-14-15(16)17;6-1-5(2-7,3-8)4-9/h2*9-10,20H,7-8H2,1-6H3,(H,18,19);2-14H2,1H3,(H,16,17);6-9H,1-4H2. The number of aliphatic hydroxyl groups is 4. The molecule has 0 aromatic heterocycles. The highest BCUT2D eigenvalue weighted by Gasteiger charge is 2.29. The van der Waals surface area contributed by atoms with Crippen molar-refractivity contribution in [3.63, 3.8) is 0 Å². The number of aliphatic carboxylic acids is 2. The number of hydrogen-bond donors (Lipinski definition) is 9. The number of aromatic hydroxyl groups is 2. The number of carbonyl (C=O) groups excluding carboxylic acids is 1. The van der Waals surface area contributed by atoms with E-state index in [9.17, 15) is 24.6 Å². The third kappa shape index (κ3) is 27.6. The highest BCUT2D eigenvalue weighted by molar-refractivity contribution is 7.96. The Kier molecular flexibility index (Phi) is 31.3. The Balaban J connectivity index is 0. The molecule has 382 valence electrons. The molecule has 0 amide bonds. The van der Waals surface area contributed by atoms with E-state index in [4.69, 9.17) is 30.6 Å². The van der Waals surface area contributed by atoms with Crippen molar-refractivity contribution in [2.24, 2.45) is 5.41 Å². The average molecular weight is 951 g/mol. The van der Waals surface area contributed by atoms with Gasteiger partial charge in [0.1, 0.15) is 11.5 Å². The minimum Gasteiger partial charge on any atom is -0.507 e. The molecule has 0 heterocycles. The number of unbranched alkanes of at least 4 members (excludes halogenated alkanes) is 11. The fraction of sp³-hybridized carbons (Fsp3) is 0.722. The predicted octanol–water partition coefficient (Wildman–Crippen LogP) is 11.5. The molecule has 0 saturated carbocycles. The van der Waals surface area contributed by atoms with Gasteiger partial charge in [-0.15, -0.1) is 12.6 Å². The number of aliphatic hydroxyl groups excluding tert-OH is 4. The lowest BCUT2D eigenvalue weighted by Gasteiger charge is -2.28. The lowest BCUT2D eigenvalue weighted by molar-refractivity contribution is -0.138. The van der Waals surface area contributed by atoms with E-state index in [1.54, 1.807) is 0 Å². The molecule has 12 heteroatoms. The van der Waals surface area contributed by atoms with Gasteiger partial charge in [0.15, 0.2) is 5.12 Å². The smallest absolute Gasteiger partial charge is 0.303 e. The number of aryl methyl sites for hydroxylation is 2. The number of carboxylic acids is 2. The lowest BCUT2D eigenvalue weighted by atomic mass is 9.78. The molecule has 11 nitrogen and oxygen atoms in total. The third-order valence-corrected chi connectivity index (χ3v) is 11.6. The Labute approximate surface area is 405 Å². The van der Waals surface area contributed by atoms with E-state index in [2.05, 4.69) is 103 Å². The molecule has 0 aliphatic heterocycles. The van der Waals surface area contributed by atoms with Crippen molar-refractivity contribution in [3.05, 3.63) is 57.6 Å². The Morgan fingerprint density at radius 1 is 0.439 bits per heavy atom.